The SMILES string of the molecule is Fc1ccc(-n2cc(Nc3nc(Cl)ncc3Cl)cn2)cc1. The average molecular weight is 324 g/mol. The van der Waals surface area contributed by atoms with Crippen LogP contribution in [0.3, 0.4) is 0 Å². The third-order valence-electron chi connectivity index (χ3n) is 2.65. The van der Waals surface area contributed by atoms with Gasteiger partial charge in [-0.05, 0) is 35.9 Å². The van der Waals surface area contributed by atoms with Gasteiger partial charge in [-0.15, -0.1) is 0 Å². The van der Waals surface area contributed by atoms with E-state index in [0.29, 0.717) is 16.5 Å². The minimum atomic E-state index is -0.299. The zero-order valence-corrected chi connectivity index (χ0v) is 12.0. The van der Waals surface area contributed by atoms with Crippen molar-refractivity contribution in [3.63, 3.8) is 0 Å². The molecule has 21 heavy (non-hydrogen) atoms. The number of nitrogens with zero attached hydrogens (tertiary/aromatic N) is 4. The van der Waals surface area contributed by atoms with Gasteiger partial charge in [0, 0.05) is 0 Å². The largest absolute Gasteiger partial charge is 0.336 e. The van der Waals surface area contributed by atoms with Gasteiger partial charge in [-0.3, -0.25) is 0 Å². The van der Waals surface area contributed by atoms with Crippen molar-refractivity contribution in [3.8, 4) is 5.69 Å². The Morgan fingerprint density at radius 1 is 1.10 bits per heavy atom. The highest BCUT2D eigenvalue weighted by Crippen LogP contribution is 2.23. The Morgan fingerprint density at radius 2 is 1.86 bits per heavy atom. The van der Waals surface area contributed by atoms with Gasteiger partial charge in [0.1, 0.15) is 10.8 Å². The number of hydrogen-bond donors (Lipinski definition) is 1. The third kappa shape index (κ3) is 3.12. The molecule has 0 radical (unpaired) electrons. The number of rotatable bonds is 3. The first-order valence-electron chi connectivity index (χ1n) is 5.87. The summed E-state index contributed by atoms with van der Waals surface area (Å²) in [4.78, 5) is 7.75. The molecule has 0 spiro atoms. The number of hydrogen-bond acceptors (Lipinski definition) is 4. The van der Waals surface area contributed by atoms with Gasteiger partial charge in [-0.25, -0.2) is 14.1 Å². The highest BCUT2D eigenvalue weighted by atomic mass is 35.5. The second kappa shape index (κ2) is 5.67. The van der Waals surface area contributed by atoms with Crippen molar-refractivity contribution >= 4 is 34.7 Å². The Kier molecular flexibility index (Phi) is 3.72. The van der Waals surface area contributed by atoms with Gasteiger partial charge in [0.25, 0.3) is 0 Å². The smallest absolute Gasteiger partial charge is 0.224 e. The maximum absolute atomic E-state index is 12.9. The van der Waals surface area contributed by atoms with E-state index in [0.717, 1.165) is 5.69 Å². The Balaban J connectivity index is 1.85. The van der Waals surface area contributed by atoms with Crippen molar-refractivity contribution < 1.29 is 4.39 Å². The summed E-state index contributed by atoms with van der Waals surface area (Å²) < 4.78 is 14.5. The molecule has 8 heteroatoms. The lowest BCUT2D eigenvalue weighted by molar-refractivity contribution is 0.627. The van der Waals surface area contributed by atoms with Crippen molar-refractivity contribution in [2.45, 2.75) is 0 Å². The van der Waals surface area contributed by atoms with E-state index < -0.39 is 0 Å². The second-order valence-corrected chi connectivity index (χ2v) is 4.86. The Morgan fingerprint density at radius 3 is 2.62 bits per heavy atom. The topological polar surface area (TPSA) is 55.6 Å². The zero-order chi connectivity index (χ0) is 14.8. The first-order chi connectivity index (χ1) is 10.1. The van der Waals surface area contributed by atoms with E-state index in [-0.39, 0.29) is 11.1 Å². The summed E-state index contributed by atoms with van der Waals surface area (Å²) in [5.74, 6) is 0.0852. The van der Waals surface area contributed by atoms with E-state index >= 15 is 0 Å². The Labute approximate surface area is 129 Å². The van der Waals surface area contributed by atoms with E-state index in [1.807, 2.05) is 0 Å². The molecule has 3 rings (SSSR count). The van der Waals surface area contributed by atoms with Crippen LogP contribution in [0, 0.1) is 5.82 Å². The maximum Gasteiger partial charge on any atom is 0.224 e. The monoisotopic (exact) mass is 323 g/mol. The van der Waals surface area contributed by atoms with Gasteiger partial charge in [-0.1, -0.05) is 11.6 Å². The number of anilines is 2. The van der Waals surface area contributed by atoms with Crippen LogP contribution in [-0.4, -0.2) is 19.7 Å². The van der Waals surface area contributed by atoms with Crippen LogP contribution in [0.2, 0.25) is 10.3 Å². The van der Waals surface area contributed by atoms with Crippen LogP contribution in [-0.2, 0) is 0 Å². The molecule has 0 fully saturated rings. The van der Waals surface area contributed by atoms with Crippen molar-refractivity contribution in [1.29, 1.82) is 0 Å². The highest BCUT2D eigenvalue weighted by molar-refractivity contribution is 6.33. The van der Waals surface area contributed by atoms with Crippen LogP contribution in [0.5, 0.6) is 0 Å². The normalized spacial score (nSPS) is 10.6. The second-order valence-electron chi connectivity index (χ2n) is 4.11. The minimum Gasteiger partial charge on any atom is -0.336 e. The van der Waals surface area contributed by atoms with Gasteiger partial charge in [0.2, 0.25) is 5.28 Å². The Bertz CT molecular complexity index is 772. The van der Waals surface area contributed by atoms with Crippen LogP contribution < -0.4 is 5.32 Å². The van der Waals surface area contributed by atoms with E-state index in [2.05, 4.69) is 20.4 Å². The molecule has 0 saturated heterocycles. The van der Waals surface area contributed by atoms with Gasteiger partial charge in [0.05, 0.1) is 30.0 Å². The first-order valence-corrected chi connectivity index (χ1v) is 6.63. The van der Waals surface area contributed by atoms with Crippen LogP contribution in [0.15, 0.2) is 42.9 Å². The van der Waals surface area contributed by atoms with Crippen molar-refractivity contribution in [1.82, 2.24) is 19.7 Å². The zero-order valence-electron chi connectivity index (χ0n) is 10.5. The standard InChI is InChI=1S/C13H8Cl2FN5/c14-11-6-17-13(15)20-12(11)19-9-5-18-21(7-9)10-3-1-8(16)2-4-10/h1-7H,(H,17,19,20). The number of halogens is 3. The predicted octanol–water partition coefficient (Wildman–Crippen LogP) is 3.85. The molecule has 1 N–H and O–H groups in total. The summed E-state index contributed by atoms with van der Waals surface area (Å²) in [6, 6.07) is 5.98. The molecular formula is C13H8Cl2FN5. The molecule has 0 unspecified atom stereocenters. The summed E-state index contributed by atoms with van der Waals surface area (Å²) in [7, 11) is 0. The lowest BCUT2D eigenvalue weighted by atomic mass is 10.3. The molecule has 0 aliphatic carbocycles. The summed E-state index contributed by atoms with van der Waals surface area (Å²) in [5.41, 5.74) is 1.40. The van der Waals surface area contributed by atoms with Crippen molar-refractivity contribution in [2.24, 2.45) is 0 Å². The van der Waals surface area contributed by atoms with Gasteiger partial charge in [-0.2, -0.15) is 10.1 Å². The van der Waals surface area contributed by atoms with Crippen molar-refractivity contribution in [2.75, 3.05) is 5.32 Å². The van der Waals surface area contributed by atoms with Crippen LogP contribution in [0.25, 0.3) is 5.69 Å². The highest BCUT2D eigenvalue weighted by Gasteiger charge is 2.07. The molecule has 0 bridgehead atoms. The Hall–Kier alpha value is -2.18. The maximum atomic E-state index is 12.9. The molecule has 1 aromatic carbocycles. The van der Waals surface area contributed by atoms with Gasteiger partial charge < -0.3 is 5.32 Å². The van der Waals surface area contributed by atoms with E-state index in [4.69, 9.17) is 23.2 Å². The lowest BCUT2D eigenvalue weighted by Crippen LogP contribution is -1.96. The first kappa shape index (κ1) is 13.8. The van der Waals surface area contributed by atoms with E-state index in [1.54, 1.807) is 29.2 Å². The third-order valence-corrected chi connectivity index (χ3v) is 3.11. The fraction of sp³-hybridized carbons (Fsp3) is 0. The van der Waals surface area contributed by atoms with Crippen molar-refractivity contribution in [3.05, 3.63) is 59.0 Å². The molecule has 0 amide bonds. The number of nitrogens with one attached hydrogen (secondary N) is 1. The molecule has 2 aromatic heterocycles. The number of benzene rings is 1. The molecule has 0 atom stereocenters. The molecule has 106 valence electrons. The molecule has 0 aliphatic heterocycles. The molecule has 5 nitrogen and oxygen atoms in total. The summed E-state index contributed by atoms with van der Waals surface area (Å²) in [6.45, 7) is 0. The van der Waals surface area contributed by atoms with Crippen LogP contribution in [0.1, 0.15) is 0 Å². The fourth-order valence-corrected chi connectivity index (χ4v) is 1.96. The fourth-order valence-electron chi connectivity index (χ4n) is 1.69. The molecule has 0 aliphatic rings. The summed E-state index contributed by atoms with van der Waals surface area (Å²) in [6.07, 6.45) is 4.72. The number of aromatic nitrogens is 4. The molecule has 0 saturated carbocycles. The summed E-state index contributed by atoms with van der Waals surface area (Å²) in [5, 5.41) is 7.60. The van der Waals surface area contributed by atoms with Crippen LogP contribution >= 0.6 is 23.2 Å². The van der Waals surface area contributed by atoms with Crippen LogP contribution in [0.4, 0.5) is 15.9 Å². The van der Waals surface area contributed by atoms with E-state index in [1.165, 1.54) is 18.3 Å². The van der Waals surface area contributed by atoms with Gasteiger partial charge >= 0.3 is 0 Å². The van der Waals surface area contributed by atoms with E-state index in [9.17, 15) is 4.39 Å². The molecule has 2 heterocycles. The molecule has 3 aromatic rings. The van der Waals surface area contributed by atoms with Gasteiger partial charge in [0.15, 0.2) is 5.82 Å². The minimum absolute atomic E-state index is 0.0906. The predicted molar refractivity (Wildman–Crippen MR) is 78.9 cm³/mol. The average Bonchev–Trinajstić information content (AvgIpc) is 2.92. The lowest BCUT2D eigenvalue weighted by Gasteiger charge is -2.04. The summed E-state index contributed by atoms with van der Waals surface area (Å²) >= 11 is 11.7. The molecular weight excluding hydrogens is 316 g/mol. The quantitative estimate of drug-likeness (QED) is 0.744.